The highest BCUT2D eigenvalue weighted by atomic mass is 35.5. The fourth-order valence-corrected chi connectivity index (χ4v) is 3.13. The first-order valence-electron chi connectivity index (χ1n) is 8.34. The van der Waals surface area contributed by atoms with Gasteiger partial charge in [-0.1, -0.05) is 35.9 Å². The van der Waals surface area contributed by atoms with Crippen molar-refractivity contribution >= 4 is 64.7 Å². The Kier molecular flexibility index (Phi) is 7.51. The smallest absolute Gasteiger partial charge is 0.337 e. The third kappa shape index (κ3) is 4.65. The summed E-state index contributed by atoms with van der Waals surface area (Å²) in [4.78, 5) is 11.8. The fourth-order valence-electron chi connectivity index (χ4n) is 2.95. The number of carbonyl (C=O) groups is 1. The van der Waals surface area contributed by atoms with Crippen LogP contribution in [0.2, 0.25) is 5.02 Å². The van der Waals surface area contributed by atoms with E-state index in [0.29, 0.717) is 10.6 Å². The van der Waals surface area contributed by atoms with Gasteiger partial charge in [0.15, 0.2) is 0 Å². The Bertz CT molecular complexity index is 1140. The molecule has 0 radical (unpaired) electrons. The molecule has 4 rings (SSSR count). The molecule has 0 saturated carbocycles. The number of nitrogens with one attached hydrogen (secondary N) is 2. The average Bonchev–Trinajstić information content (AvgIpc) is 3.12. The molecule has 0 saturated heterocycles. The number of para-hydroxylation sites is 1. The molecule has 1 aromatic heterocycles. The molecule has 0 atom stereocenters. The maximum absolute atomic E-state index is 11.8. The highest BCUT2D eigenvalue weighted by molar-refractivity contribution is 6.33. The van der Waals surface area contributed by atoms with Crippen LogP contribution in [-0.2, 0) is 4.74 Å². The number of rotatable bonds is 4. The summed E-state index contributed by atoms with van der Waals surface area (Å²) in [6.45, 7) is 0. The number of anilines is 2. The summed E-state index contributed by atoms with van der Waals surface area (Å²) in [7, 11) is 1.37. The van der Waals surface area contributed by atoms with Crippen LogP contribution in [0.3, 0.4) is 0 Å². The van der Waals surface area contributed by atoms with Crippen molar-refractivity contribution in [3.63, 3.8) is 0 Å². The summed E-state index contributed by atoms with van der Waals surface area (Å²) in [6.07, 6.45) is 0. The zero-order valence-corrected chi connectivity index (χ0v) is 17.7. The molecular formula is C21H18Cl3N3O2. The summed E-state index contributed by atoms with van der Waals surface area (Å²) in [6, 6.07) is 20.7. The topological polar surface area (TPSA) is 67.0 Å². The molecule has 5 nitrogen and oxygen atoms in total. The third-order valence-electron chi connectivity index (χ3n) is 4.27. The highest BCUT2D eigenvalue weighted by Crippen LogP contribution is 2.31. The molecule has 0 fully saturated rings. The van der Waals surface area contributed by atoms with E-state index < -0.39 is 0 Å². The second-order valence-corrected chi connectivity index (χ2v) is 6.42. The van der Waals surface area contributed by atoms with Crippen molar-refractivity contribution < 1.29 is 9.53 Å². The lowest BCUT2D eigenvalue weighted by atomic mass is 10.0. The molecule has 0 aliphatic rings. The Morgan fingerprint density at radius 2 is 1.83 bits per heavy atom. The number of hydrogen-bond donors (Lipinski definition) is 2. The molecular weight excluding hydrogens is 433 g/mol. The number of benzene rings is 3. The monoisotopic (exact) mass is 449 g/mol. The van der Waals surface area contributed by atoms with E-state index in [0.717, 1.165) is 33.5 Å². The van der Waals surface area contributed by atoms with Gasteiger partial charge in [0, 0.05) is 16.6 Å². The van der Waals surface area contributed by atoms with Crippen LogP contribution in [0.25, 0.3) is 22.2 Å². The molecule has 0 amide bonds. The molecule has 0 bridgehead atoms. The molecule has 4 aromatic rings. The van der Waals surface area contributed by atoms with Crippen molar-refractivity contribution in [3.05, 3.63) is 77.3 Å². The van der Waals surface area contributed by atoms with E-state index in [1.54, 1.807) is 12.1 Å². The Morgan fingerprint density at radius 1 is 1.03 bits per heavy atom. The van der Waals surface area contributed by atoms with Gasteiger partial charge >= 0.3 is 5.97 Å². The lowest BCUT2D eigenvalue weighted by Crippen LogP contribution is -2.00. The number of aromatic amines is 1. The fraction of sp³-hybridized carbons (Fsp3) is 0.0476. The number of aromatic nitrogens is 2. The second-order valence-electron chi connectivity index (χ2n) is 6.01. The van der Waals surface area contributed by atoms with E-state index in [1.807, 2.05) is 54.6 Å². The molecule has 3 aromatic carbocycles. The number of fused-ring (bicyclic) bond motifs is 1. The molecule has 150 valence electrons. The van der Waals surface area contributed by atoms with Gasteiger partial charge in [-0.15, -0.1) is 24.8 Å². The summed E-state index contributed by atoms with van der Waals surface area (Å²) < 4.78 is 4.79. The third-order valence-corrected chi connectivity index (χ3v) is 4.60. The molecule has 0 unspecified atom stereocenters. The Balaban J connectivity index is 0.00000150. The van der Waals surface area contributed by atoms with Crippen molar-refractivity contribution in [2.75, 3.05) is 12.4 Å². The van der Waals surface area contributed by atoms with Crippen molar-refractivity contribution in [3.8, 4) is 11.3 Å². The number of H-pyrrole nitrogens is 1. The minimum Gasteiger partial charge on any atom is -0.465 e. The van der Waals surface area contributed by atoms with E-state index in [2.05, 4.69) is 15.5 Å². The van der Waals surface area contributed by atoms with Gasteiger partial charge in [0.25, 0.3) is 0 Å². The zero-order valence-electron chi connectivity index (χ0n) is 15.3. The lowest BCUT2D eigenvalue weighted by Gasteiger charge is -2.08. The largest absolute Gasteiger partial charge is 0.465 e. The maximum atomic E-state index is 11.8. The molecule has 8 heteroatoms. The number of nitrogens with zero attached hydrogens (tertiary/aromatic N) is 1. The Labute approximate surface area is 185 Å². The van der Waals surface area contributed by atoms with Crippen molar-refractivity contribution in [2.24, 2.45) is 0 Å². The van der Waals surface area contributed by atoms with Gasteiger partial charge in [-0.3, -0.25) is 5.10 Å². The van der Waals surface area contributed by atoms with Crippen LogP contribution in [0.1, 0.15) is 10.4 Å². The molecule has 0 aliphatic carbocycles. The lowest BCUT2D eigenvalue weighted by molar-refractivity contribution is 0.0601. The normalized spacial score (nSPS) is 10.0. The number of ether oxygens (including phenoxy) is 1. The second kappa shape index (κ2) is 9.65. The Morgan fingerprint density at radius 3 is 2.59 bits per heavy atom. The first-order chi connectivity index (χ1) is 13.2. The molecule has 2 N–H and O–H groups in total. The number of hydrogen-bond acceptors (Lipinski definition) is 4. The number of carbonyl (C=O) groups excluding carboxylic acids is 1. The molecule has 0 aliphatic heterocycles. The average molecular weight is 451 g/mol. The van der Waals surface area contributed by atoms with E-state index in [4.69, 9.17) is 16.3 Å². The van der Waals surface area contributed by atoms with Crippen molar-refractivity contribution in [1.82, 2.24) is 10.2 Å². The first-order valence-corrected chi connectivity index (χ1v) is 8.72. The van der Waals surface area contributed by atoms with E-state index in [9.17, 15) is 4.79 Å². The SMILES string of the molecule is COC(=O)c1cccc(-c2n[nH]c3cc(Nc4ccccc4Cl)ccc23)c1.Cl.Cl. The predicted octanol–water partition coefficient (Wildman–Crippen LogP) is 6.26. The summed E-state index contributed by atoms with van der Waals surface area (Å²) >= 11 is 6.21. The first kappa shape index (κ1) is 22.6. The van der Waals surface area contributed by atoms with E-state index in [-0.39, 0.29) is 30.8 Å². The van der Waals surface area contributed by atoms with Gasteiger partial charge in [0.1, 0.15) is 0 Å². The standard InChI is InChI=1S/C21H16ClN3O2.2ClH/c1-27-21(26)14-6-4-5-13(11-14)20-16-10-9-15(12-19(16)24-25-20)23-18-8-3-2-7-17(18)22;;/h2-12,23H,1H3,(H,24,25);2*1H. The van der Waals surface area contributed by atoms with Crippen LogP contribution in [0.15, 0.2) is 66.7 Å². The quantitative estimate of drug-likeness (QED) is 0.360. The van der Waals surface area contributed by atoms with Crippen molar-refractivity contribution in [1.29, 1.82) is 0 Å². The summed E-state index contributed by atoms with van der Waals surface area (Å²) in [5.74, 6) is -0.372. The van der Waals surface area contributed by atoms with Crippen LogP contribution < -0.4 is 5.32 Å². The van der Waals surface area contributed by atoms with Gasteiger partial charge in [0.05, 0.1) is 34.6 Å². The summed E-state index contributed by atoms with van der Waals surface area (Å²) in [5.41, 5.74) is 4.72. The molecule has 1 heterocycles. The highest BCUT2D eigenvalue weighted by Gasteiger charge is 2.12. The summed E-state index contributed by atoms with van der Waals surface area (Å²) in [5, 5.41) is 12.4. The van der Waals surface area contributed by atoms with E-state index >= 15 is 0 Å². The van der Waals surface area contributed by atoms with Crippen molar-refractivity contribution in [2.45, 2.75) is 0 Å². The van der Waals surface area contributed by atoms with Gasteiger partial charge in [-0.25, -0.2) is 4.79 Å². The van der Waals surface area contributed by atoms with Crippen LogP contribution in [0.4, 0.5) is 11.4 Å². The Hall–Kier alpha value is -2.73. The number of methoxy groups -OCH3 is 1. The number of esters is 1. The van der Waals surface area contributed by atoms with E-state index in [1.165, 1.54) is 7.11 Å². The molecule has 29 heavy (non-hydrogen) atoms. The number of halogens is 3. The van der Waals surface area contributed by atoms with Gasteiger partial charge in [-0.05, 0) is 42.5 Å². The maximum Gasteiger partial charge on any atom is 0.337 e. The van der Waals surface area contributed by atoms with Crippen LogP contribution in [0, 0.1) is 0 Å². The zero-order chi connectivity index (χ0) is 18.8. The van der Waals surface area contributed by atoms with Gasteiger partial charge < -0.3 is 10.1 Å². The predicted molar refractivity (Wildman–Crippen MR) is 122 cm³/mol. The van der Waals surface area contributed by atoms with Crippen LogP contribution in [-0.4, -0.2) is 23.3 Å². The van der Waals surface area contributed by atoms with Gasteiger partial charge in [0.2, 0.25) is 0 Å². The van der Waals surface area contributed by atoms with Crippen LogP contribution in [0.5, 0.6) is 0 Å². The minimum atomic E-state index is -0.372. The molecule has 0 spiro atoms. The van der Waals surface area contributed by atoms with Gasteiger partial charge in [-0.2, -0.15) is 5.10 Å². The van der Waals surface area contributed by atoms with Crippen LogP contribution >= 0.6 is 36.4 Å². The minimum absolute atomic E-state index is 0.